The van der Waals surface area contributed by atoms with Gasteiger partial charge in [0.25, 0.3) is 0 Å². The summed E-state index contributed by atoms with van der Waals surface area (Å²) in [5.41, 5.74) is -1.98. The van der Waals surface area contributed by atoms with Gasteiger partial charge in [0.2, 0.25) is 0 Å². The van der Waals surface area contributed by atoms with Gasteiger partial charge in [-0.05, 0) is 66.1 Å². The molecule has 230 valence electrons. The van der Waals surface area contributed by atoms with Crippen LogP contribution in [-0.4, -0.2) is 64.1 Å². The quantitative estimate of drug-likeness (QED) is 0.217. The van der Waals surface area contributed by atoms with E-state index in [2.05, 4.69) is 13.1 Å². The van der Waals surface area contributed by atoms with Crippen molar-refractivity contribution in [3.63, 3.8) is 0 Å². The molecule has 2 aromatic carbocycles. The first-order valence-corrected chi connectivity index (χ1v) is 16.9. The number of nitrogens with zero attached hydrogens (tertiary/aromatic N) is 3. The average Bonchev–Trinajstić information content (AvgIpc) is 2.92. The molecule has 7 nitrogen and oxygen atoms in total. The minimum atomic E-state index is -2.59. The highest BCUT2D eigenvalue weighted by Gasteiger charge is 2.44. The standard InChI is InChI=1S/C33H34F3N3O4Si/c1-33(2,3)43-32(42)21(16-37)25-28(34)26(27(31(40)41)30(36)29(25)35)24-19-12-10-17(38(4)5)14-22(19)44(8,9)23-15-18(39(6)7)11-13-20(23)24/h10-15,21H,1-9H3. The van der Waals surface area contributed by atoms with Gasteiger partial charge in [-0.1, -0.05) is 19.2 Å². The molecule has 1 aliphatic heterocycles. The summed E-state index contributed by atoms with van der Waals surface area (Å²) < 4.78 is 55.4. The molecule has 0 spiro atoms. The van der Waals surface area contributed by atoms with E-state index in [1.165, 1.54) is 26.8 Å². The normalized spacial score (nSPS) is 16.0. The van der Waals surface area contributed by atoms with Crippen molar-refractivity contribution in [1.82, 2.24) is 0 Å². The van der Waals surface area contributed by atoms with Crippen LogP contribution in [-0.2, 0) is 9.53 Å². The number of rotatable bonds is 5. The van der Waals surface area contributed by atoms with Gasteiger partial charge in [-0.25, -0.2) is 17.7 Å². The number of benzene rings is 2. The summed E-state index contributed by atoms with van der Waals surface area (Å²) >= 11 is 0. The van der Waals surface area contributed by atoms with Gasteiger partial charge < -0.3 is 19.5 Å². The van der Waals surface area contributed by atoms with Crippen LogP contribution in [0.1, 0.15) is 53.7 Å². The van der Waals surface area contributed by atoms with Crippen LogP contribution < -0.4 is 15.2 Å². The molecule has 0 fully saturated rings. The number of carboxylic acid groups (broad SMARTS) is 1. The lowest BCUT2D eigenvalue weighted by Gasteiger charge is -2.38. The van der Waals surface area contributed by atoms with Crippen LogP contribution in [0.25, 0.3) is 5.57 Å². The van der Waals surface area contributed by atoms with Crippen molar-refractivity contribution in [2.45, 2.75) is 45.4 Å². The number of esters is 1. The third-order valence-corrected chi connectivity index (χ3v) is 11.3. The summed E-state index contributed by atoms with van der Waals surface area (Å²) in [5, 5.41) is 23.9. The maximum Gasteiger partial charge on any atom is 0.328 e. The highest BCUT2D eigenvalue weighted by molar-refractivity contribution is 6.98. The second kappa shape index (κ2) is 11.2. The number of carbonyl (C=O) groups excluding carboxylic acids is 2. The van der Waals surface area contributed by atoms with Gasteiger partial charge in [0, 0.05) is 43.1 Å². The second-order valence-electron chi connectivity index (χ2n) is 12.7. The molecule has 0 bridgehead atoms. The van der Waals surface area contributed by atoms with Crippen molar-refractivity contribution in [3.8, 4) is 6.07 Å². The van der Waals surface area contributed by atoms with Crippen LogP contribution in [0.2, 0.25) is 13.1 Å². The summed E-state index contributed by atoms with van der Waals surface area (Å²) in [6.07, 6.45) is 5.40. The molecule has 11 heteroatoms. The SMILES string of the molecule is CN(C)c1ccc2c(c1)[Si](C)(C)C1=CC(=[N+](C)C)C=CC1=C2c1c(F)c(C(C#N)C(=O)OC(C)(C)C)c(F)c(F)c1C(=O)[O-]. The largest absolute Gasteiger partial charge is 0.545 e. The Morgan fingerprint density at radius 1 is 1.07 bits per heavy atom. The second-order valence-corrected chi connectivity index (χ2v) is 17.1. The van der Waals surface area contributed by atoms with E-state index in [4.69, 9.17) is 4.74 Å². The lowest BCUT2D eigenvalue weighted by Crippen LogP contribution is -2.50. The lowest BCUT2D eigenvalue weighted by molar-refractivity contribution is -0.462. The molecule has 2 aromatic rings. The summed E-state index contributed by atoms with van der Waals surface area (Å²) in [5.74, 6) is -11.1. The Morgan fingerprint density at radius 2 is 1.70 bits per heavy atom. The molecule has 1 aliphatic carbocycles. The van der Waals surface area contributed by atoms with Gasteiger partial charge in [-0.15, -0.1) is 0 Å². The maximum atomic E-state index is 16.9. The van der Waals surface area contributed by atoms with Crippen LogP contribution in [0.15, 0.2) is 47.2 Å². The first-order chi connectivity index (χ1) is 20.3. The highest BCUT2D eigenvalue weighted by atomic mass is 28.3. The van der Waals surface area contributed by atoms with Gasteiger partial charge in [0.15, 0.2) is 23.3 Å². The van der Waals surface area contributed by atoms with Crippen molar-refractivity contribution in [2.75, 3.05) is 33.1 Å². The number of carbonyl (C=O) groups is 2. The van der Waals surface area contributed by atoms with E-state index in [1.807, 2.05) is 49.8 Å². The number of allylic oxidation sites excluding steroid dienone is 5. The Balaban J connectivity index is 2.22. The van der Waals surface area contributed by atoms with E-state index in [1.54, 1.807) is 24.3 Å². The molecule has 2 aliphatic rings. The Bertz CT molecular complexity index is 1790. The van der Waals surface area contributed by atoms with Crippen LogP contribution in [0.4, 0.5) is 18.9 Å². The van der Waals surface area contributed by atoms with E-state index >= 15 is 13.2 Å². The van der Waals surface area contributed by atoms with E-state index in [0.29, 0.717) is 11.1 Å². The monoisotopic (exact) mass is 621 g/mol. The minimum absolute atomic E-state index is 0.00448. The van der Waals surface area contributed by atoms with Crippen molar-refractivity contribution in [1.29, 1.82) is 5.26 Å². The van der Waals surface area contributed by atoms with Crippen molar-refractivity contribution < 1.29 is 37.2 Å². The fourth-order valence-electron chi connectivity index (χ4n) is 5.60. The van der Waals surface area contributed by atoms with Crippen LogP contribution >= 0.6 is 0 Å². The van der Waals surface area contributed by atoms with Crippen LogP contribution in [0.3, 0.4) is 0 Å². The van der Waals surface area contributed by atoms with Crippen molar-refractivity contribution >= 4 is 42.2 Å². The smallest absolute Gasteiger partial charge is 0.328 e. The van der Waals surface area contributed by atoms with Gasteiger partial charge in [-0.2, -0.15) is 5.26 Å². The molecule has 44 heavy (non-hydrogen) atoms. The molecule has 0 aromatic heterocycles. The molecule has 1 unspecified atom stereocenters. The number of hydrogen-bond donors (Lipinski definition) is 0. The number of fused-ring (bicyclic) bond motifs is 2. The average molecular weight is 622 g/mol. The predicted octanol–water partition coefficient (Wildman–Crippen LogP) is 3.96. The molecular formula is C33H34F3N3O4Si. The maximum absolute atomic E-state index is 16.9. The molecule has 4 rings (SSSR count). The van der Waals surface area contributed by atoms with E-state index in [-0.39, 0.29) is 5.57 Å². The van der Waals surface area contributed by atoms with Crippen molar-refractivity contribution in [3.05, 3.63) is 86.9 Å². The summed E-state index contributed by atoms with van der Waals surface area (Å²) in [6.45, 7) is 8.69. The van der Waals surface area contributed by atoms with Crippen molar-refractivity contribution in [2.24, 2.45) is 0 Å². The topological polar surface area (TPSA) is 96.5 Å². The zero-order valence-corrected chi connectivity index (χ0v) is 27.1. The van der Waals surface area contributed by atoms with Gasteiger partial charge >= 0.3 is 5.97 Å². The number of halogens is 3. The summed E-state index contributed by atoms with van der Waals surface area (Å²) in [6, 6.07) is 6.92. The number of anilines is 1. The number of ether oxygens (including phenoxy) is 1. The lowest BCUT2D eigenvalue weighted by atomic mass is 9.83. The molecule has 0 radical (unpaired) electrons. The number of nitriles is 1. The van der Waals surface area contributed by atoms with E-state index in [9.17, 15) is 20.0 Å². The Hall–Kier alpha value is -4.43. The molecule has 0 saturated carbocycles. The van der Waals surface area contributed by atoms with Gasteiger partial charge in [0.05, 0.1) is 17.6 Å². The Labute approximate surface area is 255 Å². The summed E-state index contributed by atoms with van der Waals surface area (Å²) in [4.78, 5) is 27.3. The number of carboxylic acids is 1. The first-order valence-electron chi connectivity index (χ1n) is 13.9. The molecular weight excluding hydrogens is 587 g/mol. The summed E-state index contributed by atoms with van der Waals surface area (Å²) in [7, 11) is 4.84. The van der Waals surface area contributed by atoms with E-state index in [0.717, 1.165) is 21.8 Å². The Morgan fingerprint density at radius 3 is 2.23 bits per heavy atom. The first kappa shape index (κ1) is 32.5. The highest BCUT2D eigenvalue weighted by Crippen LogP contribution is 2.45. The van der Waals surface area contributed by atoms with Crippen LogP contribution in [0.5, 0.6) is 0 Å². The molecule has 1 atom stereocenters. The third-order valence-electron chi connectivity index (χ3n) is 7.79. The molecule has 0 N–H and O–H groups in total. The van der Waals surface area contributed by atoms with Gasteiger partial charge in [0.1, 0.15) is 33.6 Å². The molecule has 1 heterocycles. The van der Waals surface area contributed by atoms with E-state index < -0.39 is 65.7 Å². The number of hydrogen-bond acceptors (Lipinski definition) is 6. The number of aromatic carboxylic acids is 1. The minimum Gasteiger partial charge on any atom is -0.545 e. The molecule has 0 amide bonds. The Kier molecular flexibility index (Phi) is 8.30. The fraction of sp³-hybridized carbons (Fsp3) is 0.333. The molecule has 0 saturated heterocycles. The van der Waals surface area contributed by atoms with Crippen LogP contribution in [0, 0.1) is 28.8 Å². The predicted molar refractivity (Wildman–Crippen MR) is 163 cm³/mol. The zero-order chi connectivity index (χ0) is 33.0. The fourth-order valence-corrected chi connectivity index (χ4v) is 8.68. The van der Waals surface area contributed by atoms with Gasteiger partial charge in [-0.3, -0.25) is 4.79 Å². The zero-order valence-electron chi connectivity index (χ0n) is 26.1. The third kappa shape index (κ3) is 5.39.